The number of aryl methyl sites for hydroxylation is 1. The molecule has 3 nitrogen and oxygen atoms in total. The van der Waals surface area contributed by atoms with Crippen molar-refractivity contribution < 1.29 is 9.53 Å². The van der Waals surface area contributed by atoms with Crippen LogP contribution in [-0.4, -0.2) is 36.6 Å². The first-order valence-electron chi connectivity index (χ1n) is 6.66. The van der Waals surface area contributed by atoms with E-state index in [4.69, 9.17) is 4.74 Å². The summed E-state index contributed by atoms with van der Waals surface area (Å²) in [5.41, 5.74) is 1.64. The topological polar surface area (TPSA) is 29.5 Å². The highest BCUT2D eigenvalue weighted by atomic mass is 35.5. The Labute approximate surface area is 121 Å². The quantitative estimate of drug-likeness (QED) is 0.796. The van der Waals surface area contributed by atoms with Crippen molar-refractivity contribution in [2.75, 3.05) is 19.6 Å². The summed E-state index contributed by atoms with van der Waals surface area (Å²) in [6, 6.07) is 7.55. The van der Waals surface area contributed by atoms with Gasteiger partial charge in [0.15, 0.2) is 0 Å². The molecule has 4 heteroatoms. The van der Waals surface area contributed by atoms with E-state index >= 15 is 0 Å². The van der Waals surface area contributed by atoms with Crippen LogP contribution in [0, 0.1) is 6.92 Å². The molecule has 2 rings (SSSR count). The van der Waals surface area contributed by atoms with E-state index in [1.807, 2.05) is 38.1 Å². The lowest BCUT2D eigenvalue weighted by atomic mass is 10.1. The number of hydrogen-bond donors (Lipinski definition) is 0. The number of benzene rings is 1. The van der Waals surface area contributed by atoms with E-state index in [1.54, 1.807) is 0 Å². The number of carbonyl (C=O) groups is 1. The van der Waals surface area contributed by atoms with Crippen molar-refractivity contribution in [2.24, 2.45) is 0 Å². The minimum absolute atomic E-state index is 0. The molecule has 0 spiro atoms. The molecule has 0 amide bonds. The summed E-state index contributed by atoms with van der Waals surface area (Å²) >= 11 is 0. The van der Waals surface area contributed by atoms with Gasteiger partial charge in [0.25, 0.3) is 0 Å². The summed E-state index contributed by atoms with van der Waals surface area (Å²) in [4.78, 5) is 14.4. The Bertz CT molecular complexity index is 416. The van der Waals surface area contributed by atoms with Crippen molar-refractivity contribution in [3.63, 3.8) is 0 Å². The number of halogens is 1. The lowest BCUT2D eigenvalue weighted by Crippen LogP contribution is -2.31. The third kappa shape index (κ3) is 4.51. The third-order valence-electron chi connectivity index (χ3n) is 3.39. The number of ether oxygens (including phenoxy) is 1. The number of hydrogen-bond acceptors (Lipinski definition) is 3. The zero-order chi connectivity index (χ0) is 13.0. The van der Waals surface area contributed by atoms with Crippen molar-refractivity contribution in [3.8, 4) is 0 Å². The fourth-order valence-corrected chi connectivity index (χ4v) is 2.41. The van der Waals surface area contributed by atoms with Gasteiger partial charge in [0, 0.05) is 6.54 Å². The van der Waals surface area contributed by atoms with Gasteiger partial charge in [-0.05, 0) is 51.4 Å². The monoisotopic (exact) mass is 283 g/mol. The number of nitrogens with zero attached hydrogens (tertiary/aromatic N) is 1. The molecule has 1 atom stereocenters. The molecule has 1 heterocycles. The van der Waals surface area contributed by atoms with E-state index in [9.17, 15) is 4.79 Å². The summed E-state index contributed by atoms with van der Waals surface area (Å²) in [6.07, 6.45) is 2.48. The smallest absolute Gasteiger partial charge is 0.338 e. The summed E-state index contributed by atoms with van der Waals surface area (Å²) in [6.45, 7) is 7.01. The van der Waals surface area contributed by atoms with Crippen LogP contribution >= 0.6 is 12.4 Å². The Balaban J connectivity index is 0.00000180. The predicted molar refractivity (Wildman–Crippen MR) is 79.0 cm³/mol. The van der Waals surface area contributed by atoms with Crippen molar-refractivity contribution in [3.05, 3.63) is 35.4 Å². The Morgan fingerprint density at radius 3 is 2.58 bits per heavy atom. The molecule has 1 aliphatic heterocycles. The molecule has 0 radical (unpaired) electrons. The van der Waals surface area contributed by atoms with Crippen molar-refractivity contribution >= 4 is 18.4 Å². The van der Waals surface area contributed by atoms with Gasteiger partial charge in [0.2, 0.25) is 0 Å². The summed E-state index contributed by atoms with van der Waals surface area (Å²) in [7, 11) is 0. The molecule has 19 heavy (non-hydrogen) atoms. The maximum absolute atomic E-state index is 12.0. The Morgan fingerprint density at radius 1 is 1.32 bits per heavy atom. The molecule has 0 aromatic heterocycles. The molecular formula is C15H22ClNO2. The fourth-order valence-electron chi connectivity index (χ4n) is 2.41. The highest BCUT2D eigenvalue weighted by Crippen LogP contribution is 2.12. The number of likely N-dealkylation sites (tertiary alicyclic amines) is 1. The second-order valence-corrected chi connectivity index (χ2v) is 5.04. The molecule has 1 aliphatic rings. The maximum atomic E-state index is 12.0. The molecule has 106 valence electrons. The van der Waals surface area contributed by atoms with Crippen LogP contribution in [0.2, 0.25) is 0 Å². The van der Waals surface area contributed by atoms with Crippen LogP contribution in [0.4, 0.5) is 0 Å². The first kappa shape index (κ1) is 16.0. The van der Waals surface area contributed by atoms with Gasteiger partial charge in [-0.25, -0.2) is 4.79 Å². The van der Waals surface area contributed by atoms with Gasteiger partial charge >= 0.3 is 5.97 Å². The highest BCUT2D eigenvalue weighted by molar-refractivity contribution is 5.91. The Morgan fingerprint density at radius 2 is 1.95 bits per heavy atom. The van der Waals surface area contributed by atoms with E-state index in [0.717, 1.165) is 25.2 Å². The van der Waals surface area contributed by atoms with Crippen LogP contribution in [0.3, 0.4) is 0 Å². The lowest BCUT2D eigenvalue weighted by molar-refractivity contribution is 0.0270. The van der Waals surface area contributed by atoms with E-state index in [1.165, 1.54) is 12.8 Å². The average molecular weight is 284 g/mol. The summed E-state index contributed by atoms with van der Waals surface area (Å²) in [5, 5.41) is 0. The third-order valence-corrected chi connectivity index (χ3v) is 3.39. The SMILES string of the molecule is Cc1ccccc1C(=O)OC(C)CN1CCCC1.Cl. The average Bonchev–Trinajstić information content (AvgIpc) is 2.82. The van der Waals surface area contributed by atoms with Crippen LogP contribution in [0.15, 0.2) is 24.3 Å². The molecule has 1 unspecified atom stereocenters. The summed E-state index contributed by atoms with van der Waals surface area (Å²) < 4.78 is 5.50. The minimum Gasteiger partial charge on any atom is -0.458 e. The number of rotatable bonds is 4. The first-order chi connectivity index (χ1) is 8.66. The second-order valence-electron chi connectivity index (χ2n) is 5.04. The van der Waals surface area contributed by atoms with Gasteiger partial charge in [0.1, 0.15) is 6.10 Å². The second kappa shape index (κ2) is 7.51. The molecule has 0 N–H and O–H groups in total. The van der Waals surface area contributed by atoms with Crippen molar-refractivity contribution in [2.45, 2.75) is 32.8 Å². The lowest BCUT2D eigenvalue weighted by Gasteiger charge is -2.20. The van der Waals surface area contributed by atoms with Crippen LogP contribution in [0.25, 0.3) is 0 Å². The van der Waals surface area contributed by atoms with E-state index in [-0.39, 0.29) is 24.5 Å². The Hall–Kier alpha value is -1.06. The molecule has 0 aliphatic carbocycles. The minimum atomic E-state index is -0.209. The molecule has 1 saturated heterocycles. The zero-order valence-corrected chi connectivity index (χ0v) is 12.4. The van der Waals surface area contributed by atoms with Crippen LogP contribution < -0.4 is 0 Å². The Kier molecular flexibility index (Phi) is 6.32. The van der Waals surface area contributed by atoms with Crippen molar-refractivity contribution in [1.29, 1.82) is 0 Å². The van der Waals surface area contributed by atoms with Gasteiger partial charge in [-0.1, -0.05) is 18.2 Å². The van der Waals surface area contributed by atoms with Crippen molar-refractivity contribution in [1.82, 2.24) is 4.90 Å². The van der Waals surface area contributed by atoms with Gasteiger partial charge in [-0.15, -0.1) is 12.4 Å². The highest BCUT2D eigenvalue weighted by Gasteiger charge is 2.18. The number of esters is 1. The largest absolute Gasteiger partial charge is 0.458 e. The molecule has 1 aromatic carbocycles. The molecule has 1 fully saturated rings. The van der Waals surface area contributed by atoms with Gasteiger partial charge < -0.3 is 4.74 Å². The van der Waals surface area contributed by atoms with Gasteiger partial charge in [0.05, 0.1) is 5.56 Å². The normalized spacial score (nSPS) is 16.7. The molecular weight excluding hydrogens is 262 g/mol. The van der Waals surface area contributed by atoms with Gasteiger partial charge in [-0.3, -0.25) is 4.90 Å². The van der Waals surface area contributed by atoms with Crippen LogP contribution in [0.1, 0.15) is 35.7 Å². The fraction of sp³-hybridized carbons (Fsp3) is 0.533. The molecule has 0 bridgehead atoms. The van der Waals surface area contributed by atoms with Gasteiger partial charge in [-0.2, -0.15) is 0 Å². The van der Waals surface area contributed by atoms with E-state index in [2.05, 4.69) is 4.90 Å². The summed E-state index contributed by atoms with van der Waals surface area (Å²) in [5.74, 6) is -0.209. The number of carbonyl (C=O) groups excluding carboxylic acids is 1. The zero-order valence-electron chi connectivity index (χ0n) is 11.6. The van der Waals surface area contributed by atoms with Crippen LogP contribution in [0.5, 0.6) is 0 Å². The molecule has 1 aromatic rings. The van der Waals surface area contributed by atoms with Crippen LogP contribution in [-0.2, 0) is 4.74 Å². The standard InChI is InChI=1S/C15H21NO2.ClH/c1-12-7-3-4-8-14(12)15(17)18-13(2)11-16-9-5-6-10-16;/h3-4,7-8,13H,5-6,9-11H2,1-2H3;1H. The van der Waals surface area contributed by atoms with E-state index < -0.39 is 0 Å². The first-order valence-corrected chi connectivity index (χ1v) is 6.66. The predicted octanol–water partition coefficient (Wildman–Crippen LogP) is 3.06. The molecule has 0 saturated carbocycles. The van der Waals surface area contributed by atoms with E-state index in [0.29, 0.717) is 5.56 Å². The maximum Gasteiger partial charge on any atom is 0.338 e.